The number of hydrogen-bond acceptors (Lipinski definition) is 4. The van der Waals surface area contributed by atoms with Crippen LogP contribution in [0.3, 0.4) is 0 Å². The van der Waals surface area contributed by atoms with Crippen molar-refractivity contribution < 1.29 is 9.53 Å². The molecule has 2 saturated carbocycles. The van der Waals surface area contributed by atoms with E-state index >= 15 is 0 Å². The largest absolute Gasteiger partial charge is 0.462 e. The third-order valence-electron chi connectivity index (χ3n) is 6.22. The van der Waals surface area contributed by atoms with Gasteiger partial charge in [0.15, 0.2) is 5.41 Å². The second-order valence-corrected chi connectivity index (χ2v) is 8.26. The van der Waals surface area contributed by atoms with Gasteiger partial charge < -0.3 is 4.74 Å². The van der Waals surface area contributed by atoms with Crippen LogP contribution >= 0.6 is 0 Å². The normalized spacial score (nSPS) is 32.3. The third-order valence-corrected chi connectivity index (χ3v) is 6.22. The second-order valence-electron chi connectivity index (χ2n) is 8.26. The van der Waals surface area contributed by atoms with Crippen LogP contribution in [0, 0.1) is 51.7 Å². The van der Waals surface area contributed by atoms with E-state index in [-0.39, 0.29) is 12.1 Å². The number of nitriles is 2. The lowest BCUT2D eigenvalue weighted by atomic mass is 9.75. The molecule has 2 aliphatic carbocycles. The summed E-state index contributed by atoms with van der Waals surface area (Å²) in [5, 5.41) is 19.2. The molecule has 0 heterocycles. The molecule has 0 saturated heterocycles. The molecule has 0 radical (unpaired) electrons. The smallest absolute Gasteiger partial charge is 0.312 e. The molecule has 0 spiro atoms. The standard InChI is InChI=1S/C22H26N2O2/c1-14(2)17-10-9-15(3)11-18(17)26-21(25)20-19(22(20,12-23)13-24)16-7-5-4-6-8-16/h4-8,14-15,17-20H,9-11H2,1-3H3/t15-,17+,18-,19-,20+/m1/s1. The van der Waals surface area contributed by atoms with Crippen molar-refractivity contribution in [2.75, 3.05) is 0 Å². The Bertz CT molecular complexity index is 730. The van der Waals surface area contributed by atoms with Gasteiger partial charge in [-0.3, -0.25) is 4.79 Å². The molecular formula is C22H26N2O2. The molecule has 0 aliphatic heterocycles. The third kappa shape index (κ3) is 3.10. The number of ether oxygens (including phenoxy) is 1. The first kappa shape index (κ1) is 18.5. The molecule has 4 nitrogen and oxygen atoms in total. The molecule has 2 fully saturated rings. The van der Waals surface area contributed by atoms with Gasteiger partial charge in [0.1, 0.15) is 6.10 Å². The Kier molecular flexibility index (Phi) is 5.05. The summed E-state index contributed by atoms with van der Waals surface area (Å²) in [5.41, 5.74) is -0.443. The Balaban J connectivity index is 1.80. The molecule has 1 aromatic rings. The van der Waals surface area contributed by atoms with Crippen molar-refractivity contribution in [2.24, 2.45) is 29.1 Å². The topological polar surface area (TPSA) is 73.9 Å². The molecule has 136 valence electrons. The molecule has 1 aromatic carbocycles. The van der Waals surface area contributed by atoms with E-state index in [0.29, 0.717) is 17.8 Å². The van der Waals surface area contributed by atoms with Gasteiger partial charge in [-0.2, -0.15) is 10.5 Å². The Morgan fingerprint density at radius 2 is 1.85 bits per heavy atom. The Hall–Kier alpha value is -2.33. The lowest BCUT2D eigenvalue weighted by molar-refractivity contribution is -0.158. The Labute approximate surface area is 155 Å². The first-order valence-corrected chi connectivity index (χ1v) is 9.52. The zero-order valence-corrected chi connectivity index (χ0v) is 15.7. The number of hydrogen-bond donors (Lipinski definition) is 0. The van der Waals surface area contributed by atoms with Gasteiger partial charge in [0.2, 0.25) is 0 Å². The highest BCUT2D eigenvalue weighted by Gasteiger charge is 2.72. The average molecular weight is 350 g/mol. The molecule has 0 aromatic heterocycles. The van der Waals surface area contributed by atoms with Crippen LogP contribution in [0.1, 0.15) is 51.5 Å². The van der Waals surface area contributed by atoms with E-state index < -0.39 is 17.3 Å². The number of carbonyl (C=O) groups is 1. The highest BCUT2D eigenvalue weighted by atomic mass is 16.5. The highest BCUT2D eigenvalue weighted by Crippen LogP contribution is 2.64. The number of benzene rings is 1. The van der Waals surface area contributed by atoms with E-state index in [1.165, 1.54) is 0 Å². The molecule has 3 rings (SSSR count). The van der Waals surface area contributed by atoms with Crippen LogP contribution in [-0.2, 0) is 9.53 Å². The summed E-state index contributed by atoms with van der Waals surface area (Å²) in [6.45, 7) is 6.52. The zero-order chi connectivity index (χ0) is 18.9. The molecule has 0 N–H and O–H groups in total. The summed E-state index contributed by atoms with van der Waals surface area (Å²) in [4.78, 5) is 12.9. The minimum absolute atomic E-state index is 0.113. The molecule has 4 heteroatoms. The number of rotatable bonds is 4. The molecule has 2 aliphatic rings. The predicted octanol–water partition coefficient (Wildman–Crippen LogP) is 4.44. The zero-order valence-electron chi connectivity index (χ0n) is 15.7. The van der Waals surface area contributed by atoms with Crippen LogP contribution in [0.2, 0.25) is 0 Å². The van der Waals surface area contributed by atoms with E-state index in [2.05, 4.69) is 32.9 Å². The SMILES string of the molecule is CC(C)[C@@H]1CC[C@@H](C)C[C@H]1OC(=O)[C@@H]1[C@@H](c2ccccc2)C1(C#N)C#N. The average Bonchev–Trinajstić information content (AvgIpc) is 3.32. The summed E-state index contributed by atoms with van der Waals surface area (Å²) < 4.78 is 5.93. The van der Waals surface area contributed by atoms with E-state index in [1.807, 2.05) is 30.3 Å². The molecule has 5 atom stereocenters. The number of carbonyl (C=O) groups excluding carboxylic acids is 1. The van der Waals surface area contributed by atoms with Gasteiger partial charge in [-0.25, -0.2) is 0 Å². The van der Waals surface area contributed by atoms with Gasteiger partial charge in [0, 0.05) is 5.92 Å². The Morgan fingerprint density at radius 1 is 1.19 bits per heavy atom. The van der Waals surface area contributed by atoms with E-state index in [0.717, 1.165) is 24.8 Å². The second kappa shape index (κ2) is 7.12. The van der Waals surface area contributed by atoms with Gasteiger partial charge in [0.05, 0.1) is 18.1 Å². The summed E-state index contributed by atoms with van der Waals surface area (Å²) in [6, 6.07) is 13.6. The van der Waals surface area contributed by atoms with Crippen LogP contribution in [0.5, 0.6) is 0 Å². The molecular weight excluding hydrogens is 324 g/mol. The summed E-state index contributed by atoms with van der Waals surface area (Å²) in [6.07, 6.45) is 2.97. The van der Waals surface area contributed by atoms with Crippen molar-refractivity contribution in [1.29, 1.82) is 10.5 Å². The fourth-order valence-electron chi connectivity index (χ4n) is 4.60. The van der Waals surface area contributed by atoms with Gasteiger partial charge in [0.25, 0.3) is 0 Å². The maximum Gasteiger partial charge on any atom is 0.312 e. The number of esters is 1. The van der Waals surface area contributed by atoms with Crippen LogP contribution < -0.4 is 0 Å². The maximum atomic E-state index is 12.9. The molecule has 0 unspecified atom stereocenters. The minimum Gasteiger partial charge on any atom is -0.462 e. The fraction of sp³-hybridized carbons (Fsp3) is 0.591. The summed E-state index contributed by atoms with van der Waals surface area (Å²) in [7, 11) is 0. The van der Waals surface area contributed by atoms with Crippen molar-refractivity contribution in [3.8, 4) is 12.1 Å². The van der Waals surface area contributed by atoms with E-state index in [9.17, 15) is 15.3 Å². The van der Waals surface area contributed by atoms with Crippen molar-refractivity contribution in [3.63, 3.8) is 0 Å². The van der Waals surface area contributed by atoms with Crippen molar-refractivity contribution in [2.45, 2.75) is 52.1 Å². The first-order valence-electron chi connectivity index (χ1n) is 9.52. The Morgan fingerprint density at radius 3 is 2.42 bits per heavy atom. The van der Waals surface area contributed by atoms with Crippen LogP contribution in [0.15, 0.2) is 30.3 Å². The monoisotopic (exact) mass is 350 g/mol. The van der Waals surface area contributed by atoms with Gasteiger partial charge in [-0.1, -0.05) is 57.5 Å². The summed E-state index contributed by atoms with van der Waals surface area (Å²) in [5.74, 6) is -0.145. The van der Waals surface area contributed by atoms with Crippen LogP contribution in [0.4, 0.5) is 0 Å². The van der Waals surface area contributed by atoms with Crippen molar-refractivity contribution in [3.05, 3.63) is 35.9 Å². The quantitative estimate of drug-likeness (QED) is 0.753. The van der Waals surface area contributed by atoms with E-state index in [1.54, 1.807) is 0 Å². The van der Waals surface area contributed by atoms with Gasteiger partial charge in [-0.05, 0) is 36.2 Å². The summed E-state index contributed by atoms with van der Waals surface area (Å²) >= 11 is 0. The van der Waals surface area contributed by atoms with Crippen LogP contribution in [-0.4, -0.2) is 12.1 Å². The predicted molar refractivity (Wildman–Crippen MR) is 97.6 cm³/mol. The fourth-order valence-corrected chi connectivity index (χ4v) is 4.60. The van der Waals surface area contributed by atoms with Crippen molar-refractivity contribution >= 4 is 5.97 Å². The molecule has 26 heavy (non-hydrogen) atoms. The van der Waals surface area contributed by atoms with E-state index in [4.69, 9.17) is 4.74 Å². The van der Waals surface area contributed by atoms with Crippen LogP contribution in [0.25, 0.3) is 0 Å². The molecule has 0 bridgehead atoms. The maximum absolute atomic E-state index is 12.9. The van der Waals surface area contributed by atoms with Gasteiger partial charge in [-0.15, -0.1) is 0 Å². The first-order chi connectivity index (χ1) is 12.4. The van der Waals surface area contributed by atoms with Crippen molar-refractivity contribution in [1.82, 2.24) is 0 Å². The lowest BCUT2D eigenvalue weighted by Gasteiger charge is -2.36. The highest BCUT2D eigenvalue weighted by molar-refractivity contribution is 5.82. The molecule has 0 amide bonds. The van der Waals surface area contributed by atoms with Gasteiger partial charge >= 0.3 is 5.97 Å². The minimum atomic E-state index is -1.30. The lowest BCUT2D eigenvalue weighted by Crippen LogP contribution is -2.36. The number of nitrogens with zero attached hydrogens (tertiary/aromatic N) is 2.